The van der Waals surface area contributed by atoms with Crippen LogP contribution in [-0.2, 0) is 9.84 Å². The van der Waals surface area contributed by atoms with Gasteiger partial charge in [-0.05, 0) is 70.7 Å². The third kappa shape index (κ3) is 5.76. The number of benzene rings is 1. The first-order chi connectivity index (χ1) is 14.2. The average molecular weight is 552 g/mol. The number of halogens is 1. The number of ether oxygens (including phenoxy) is 1. The standard InChI is InChI=1S/C21H29IO7S/c1-3-4-13(7-14-8-16(22)21(26)18(9-14)29-2)5-6-17(25)20-15(10-23)12-30(27,28)19(20)11-24/h7-9,17,19,23-26H,3-6,10-12H2,1-2H3/b13-7+/t17-,19+/m1/s1. The molecule has 0 bridgehead atoms. The number of aliphatic hydroxyl groups is 3. The third-order valence-electron chi connectivity index (χ3n) is 5.23. The van der Waals surface area contributed by atoms with E-state index < -0.39 is 34.4 Å². The molecule has 0 unspecified atom stereocenters. The first kappa shape index (κ1) is 25.1. The monoisotopic (exact) mass is 552 g/mol. The highest BCUT2D eigenvalue weighted by molar-refractivity contribution is 14.1. The van der Waals surface area contributed by atoms with E-state index in [0.717, 1.165) is 24.0 Å². The quantitative estimate of drug-likeness (QED) is 0.260. The fourth-order valence-corrected chi connectivity index (χ4v) is 6.29. The Kier molecular flexibility index (Phi) is 9.16. The van der Waals surface area contributed by atoms with Crippen LogP contribution in [0, 0.1) is 3.57 Å². The molecule has 2 atom stereocenters. The number of hydrogen-bond acceptors (Lipinski definition) is 7. The highest BCUT2D eigenvalue weighted by atomic mass is 127. The van der Waals surface area contributed by atoms with E-state index in [-0.39, 0.29) is 29.1 Å². The molecule has 168 valence electrons. The lowest BCUT2D eigenvalue weighted by Crippen LogP contribution is -2.29. The molecule has 0 spiro atoms. The zero-order valence-electron chi connectivity index (χ0n) is 17.1. The van der Waals surface area contributed by atoms with Crippen LogP contribution < -0.4 is 4.74 Å². The molecular formula is C21H29IO7S. The van der Waals surface area contributed by atoms with Crippen LogP contribution in [0.15, 0.2) is 28.9 Å². The van der Waals surface area contributed by atoms with Gasteiger partial charge in [0.15, 0.2) is 21.3 Å². The van der Waals surface area contributed by atoms with Crippen molar-refractivity contribution in [3.8, 4) is 11.5 Å². The Morgan fingerprint density at radius 1 is 1.33 bits per heavy atom. The van der Waals surface area contributed by atoms with Crippen molar-refractivity contribution < 1.29 is 33.6 Å². The lowest BCUT2D eigenvalue weighted by atomic mass is 9.93. The molecule has 1 heterocycles. The largest absolute Gasteiger partial charge is 0.504 e. The second kappa shape index (κ2) is 10.9. The summed E-state index contributed by atoms with van der Waals surface area (Å²) in [5.74, 6) is 0.136. The molecule has 0 aromatic heterocycles. The van der Waals surface area contributed by atoms with E-state index in [2.05, 4.69) is 0 Å². The van der Waals surface area contributed by atoms with Crippen LogP contribution in [0.1, 0.15) is 38.2 Å². The van der Waals surface area contributed by atoms with Gasteiger partial charge in [0.25, 0.3) is 0 Å². The van der Waals surface area contributed by atoms with Crippen LogP contribution in [0.2, 0.25) is 0 Å². The fourth-order valence-electron chi connectivity index (χ4n) is 3.78. The summed E-state index contributed by atoms with van der Waals surface area (Å²) >= 11 is 2.03. The van der Waals surface area contributed by atoms with Crippen LogP contribution in [0.25, 0.3) is 6.08 Å². The summed E-state index contributed by atoms with van der Waals surface area (Å²) in [6, 6.07) is 3.57. The molecular weight excluding hydrogens is 523 g/mol. The van der Waals surface area contributed by atoms with Gasteiger partial charge in [-0.1, -0.05) is 25.0 Å². The van der Waals surface area contributed by atoms with E-state index in [1.165, 1.54) is 7.11 Å². The molecule has 0 saturated carbocycles. The molecule has 4 N–H and O–H groups in total. The topological polar surface area (TPSA) is 124 Å². The zero-order valence-corrected chi connectivity index (χ0v) is 20.1. The number of phenolic OH excluding ortho intramolecular Hbond substituents is 1. The lowest BCUT2D eigenvalue weighted by molar-refractivity contribution is 0.186. The number of phenols is 1. The molecule has 0 aliphatic carbocycles. The van der Waals surface area contributed by atoms with Gasteiger partial charge in [0.2, 0.25) is 0 Å². The smallest absolute Gasteiger partial charge is 0.171 e. The second-order valence-corrected chi connectivity index (χ2v) is 10.7. The molecule has 0 fully saturated rings. The van der Waals surface area contributed by atoms with Gasteiger partial charge in [0.1, 0.15) is 5.25 Å². The predicted molar refractivity (Wildman–Crippen MR) is 124 cm³/mol. The highest BCUT2D eigenvalue weighted by Crippen LogP contribution is 2.35. The number of aromatic hydroxyl groups is 1. The van der Waals surface area contributed by atoms with Gasteiger partial charge < -0.3 is 25.2 Å². The van der Waals surface area contributed by atoms with Crippen molar-refractivity contribution in [3.63, 3.8) is 0 Å². The van der Waals surface area contributed by atoms with Gasteiger partial charge in [-0.3, -0.25) is 0 Å². The van der Waals surface area contributed by atoms with Crippen LogP contribution in [0.4, 0.5) is 0 Å². The van der Waals surface area contributed by atoms with E-state index in [1.54, 1.807) is 6.07 Å². The van der Waals surface area contributed by atoms with Crippen molar-refractivity contribution in [1.82, 2.24) is 0 Å². The summed E-state index contributed by atoms with van der Waals surface area (Å²) in [6.07, 6.45) is 3.41. The molecule has 0 radical (unpaired) electrons. The molecule has 1 aromatic rings. The summed E-state index contributed by atoms with van der Waals surface area (Å²) in [4.78, 5) is 0. The fraction of sp³-hybridized carbons (Fsp3) is 0.524. The van der Waals surface area contributed by atoms with E-state index in [4.69, 9.17) is 4.74 Å². The number of rotatable bonds is 10. The summed E-state index contributed by atoms with van der Waals surface area (Å²) in [6.45, 7) is 0.982. The van der Waals surface area contributed by atoms with Crippen molar-refractivity contribution >= 4 is 38.5 Å². The van der Waals surface area contributed by atoms with Crippen LogP contribution in [-0.4, -0.2) is 66.3 Å². The van der Waals surface area contributed by atoms with E-state index in [9.17, 15) is 28.8 Å². The Balaban J connectivity index is 2.24. The minimum Gasteiger partial charge on any atom is -0.504 e. The van der Waals surface area contributed by atoms with Crippen molar-refractivity contribution in [3.05, 3.63) is 38.0 Å². The van der Waals surface area contributed by atoms with Gasteiger partial charge in [0.05, 0.1) is 35.8 Å². The summed E-state index contributed by atoms with van der Waals surface area (Å²) in [5, 5.41) is 38.6. The lowest BCUT2D eigenvalue weighted by Gasteiger charge is -2.19. The Labute approximate surface area is 191 Å². The number of allylic oxidation sites excluding steroid dienone is 1. The van der Waals surface area contributed by atoms with Crippen molar-refractivity contribution in [2.45, 2.75) is 44.0 Å². The number of sulfone groups is 1. The molecule has 1 aromatic carbocycles. The van der Waals surface area contributed by atoms with Gasteiger partial charge in [-0.2, -0.15) is 0 Å². The summed E-state index contributed by atoms with van der Waals surface area (Å²) < 4.78 is 30.3. The van der Waals surface area contributed by atoms with Crippen molar-refractivity contribution in [2.24, 2.45) is 0 Å². The highest BCUT2D eigenvalue weighted by Gasteiger charge is 2.40. The van der Waals surface area contributed by atoms with E-state index in [0.29, 0.717) is 15.7 Å². The van der Waals surface area contributed by atoms with Crippen LogP contribution >= 0.6 is 22.6 Å². The maximum Gasteiger partial charge on any atom is 0.171 e. The maximum absolute atomic E-state index is 12.2. The number of hydrogen-bond donors (Lipinski definition) is 4. The van der Waals surface area contributed by atoms with E-state index >= 15 is 0 Å². The molecule has 1 aliphatic heterocycles. The minimum absolute atomic E-state index is 0.0867. The third-order valence-corrected chi connectivity index (χ3v) is 8.07. The minimum atomic E-state index is -3.60. The first-order valence-corrected chi connectivity index (χ1v) is 12.6. The average Bonchev–Trinajstić information content (AvgIpc) is 2.98. The number of aliphatic hydroxyl groups excluding tert-OH is 3. The van der Waals surface area contributed by atoms with Gasteiger partial charge in [0, 0.05) is 0 Å². The second-order valence-electron chi connectivity index (χ2n) is 7.36. The van der Waals surface area contributed by atoms with Crippen molar-refractivity contribution in [2.75, 3.05) is 26.1 Å². The summed E-state index contributed by atoms with van der Waals surface area (Å²) in [5.41, 5.74) is 2.43. The maximum atomic E-state index is 12.2. The van der Waals surface area contributed by atoms with Crippen LogP contribution in [0.5, 0.6) is 11.5 Å². The molecule has 0 saturated heterocycles. The molecule has 0 amide bonds. The van der Waals surface area contributed by atoms with Crippen molar-refractivity contribution in [1.29, 1.82) is 0 Å². The Hall–Kier alpha value is -1.14. The molecule has 1 aliphatic rings. The molecule has 7 nitrogen and oxygen atoms in total. The molecule has 30 heavy (non-hydrogen) atoms. The van der Waals surface area contributed by atoms with Gasteiger partial charge in [-0.25, -0.2) is 8.42 Å². The first-order valence-electron chi connectivity index (χ1n) is 9.77. The van der Waals surface area contributed by atoms with Crippen LogP contribution in [0.3, 0.4) is 0 Å². The number of methoxy groups -OCH3 is 1. The molecule has 2 rings (SSSR count). The van der Waals surface area contributed by atoms with E-state index in [1.807, 2.05) is 41.7 Å². The predicted octanol–water partition coefficient (Wildman–Crippen LogP) is 2.41. The van der Waals surface area contributed by atoms with Gasteiger partial charge in [-0.15, -0.1) is 0 Å². The SMILES string of the molecule is CCC/C(=C\c1cc(I)c(O)c(OC)c1)CC[C@@H](O)C1=C(CO)CS(=O)(=O)[C@H]1CO. The molecule has 9 heteroatoms. The Morgan fingerprint density at radius 3 is 2.60 bits per heavy atom. The zero-order chi connectivity index (χ0) is 22.5. The Morgan fingerprint density at radius 2 is 2.03 bits per heavy atom. The van der Waals surface area contributed by atoms with Gasteiger partial charge >= 0.3 is 0 Å². The Bertz CT molecular complexity index is 922. The summed E-state index contributed by atoms with van der Waals surface area (Å²) in [7, 11) is -2.12. The normalized spacial score (nSPS) is 19.9.